The lowest BCUT2D eigenvalue weighted by molar-refractivity contribution is 0.103. The van der Waals surface area contributed by atoms with Crippen LogP contribution in [-0.2, 0) is 0 Å². The number of amides is 1. The van der Waals surface area contributed by atoms with E-state index in [0.29, 0.717) is 27.2 Å². The van der Waals surface area contributed by atoms with Crippen molar-refractivity contribution in [1.82, 2.24) is 4.98 Å². The number of H-pyrrole nitrogens is 1. The van der Waals surface area contributed by atoms with E-state index < -0.39 is 11.7 Å². The second-order valence-corrected chi connectivity index (χ2v) is 6.38. The van der Waals surface area contributed by atoms with Gasteiger partial charge in [0.25, 0.3) is 5.91 Å². The minimum absolute atomic E-state index is 0.0905. The highest BCUT2D eigenvalue weighted by Crippen LogP contribution is 2.34. The second kappa shape index (κ2) is 5.68. The lowest BCUT2D eigenvalue weighted by Gasteiger charge is -2.05. The van der Waals surface area contributed by atoms with Crippen LogP contribution in [0.25, 0.3) is 10.2 Å². The van der Waals surface area contributed by atoms with Gasteiger partial charge in [-0.1, -0.05) is 11.6 Å². The Hall–Kier alpha value is -2.38. The zero-order valence-electron chi connectivity index (χ0n) is 11.9. The van der Waals surface area contributed by atoms with E-state index in [2.05, 4.69) is 10.3 Å². The molecule has 0 bridgehead atoms. The molecule has 0 fully saturated rings. The van der Waals surface area contributed by atoms with Crippen molar-refractivity contribution in [3.8, 4) is 0 Å². The maximum atomic E-state index is 13.1. The number of fused-ring (bicyclic) bond motifs is 1. The van der Waals surface area contributed by atoms with Crippen molar-refractivity contribution in [2.24, 2.45) is 0 Å². The van der Waals surface area contributed by atoms with Crippen LogP contribution in [0.1, 0.15) is 15.2 Å². The van der Waals surface area contributed by atoms with Gasteiger partial charge in [0.2, 0.25) is 5.56 Å². The number of hydrogen-bond donors (Lipinski definition) is 3. The molecular formula is C15H11ClFN3O2S. The van der Waals surface area contributed by atoms with Crippen molar-refractivity contribution in [3.63, 3.8) is 0 Å². The Morgan fingerprint density at radius 1 is 1.39 bits per heavy atom. The van der Waals surface area contributed by atoms with Gasteiger partial charge in [-0.05, 0) is 30.7 Å². The van der Waals surface area contributed by atoms with Crippen LogP contribution in [-0.4, -0.2) is 10.9 Å². The number of nitrogens with two attached hydrogens (primary N) is 1. The predicted molar refractivity (Wildman–Crippen MR) is 91.0 cm³/mol. The summed E-state index contributed by atoms with van der Waals surface area (Å²) in [7, 11) is 0. The Morgan fingerprint density at radius 2 is 2.13 bits per heavy atom. The zero-order valence-corrected chi connectivity index (χ0v) is 13.4. The highest BCUT2D eigenvalue weighted by Gasteiger charge is 2.19. The summed E-state index contributed by atoms with van der Waals surface area (Å²) in [6, 6.07) is 5.29. The molecule has 0 saturated heterocycles. The third-order valence-corrected chi connectivity index (χ3v) is 4.72. The molecule has 3 aromatic rings. The molecule has 3 rings (SSSR count). The van der Waals surface area contributed by atoms with Crippen LogP contribution in [0.3, 0.4) is 0 Å². The summed E-state index contributed by atoms with van der Waals surface area (Å²) >= 11 is 6.78. The summed E-state index contributed by atoms with van der Waals surface area (Å²) in [6.45, 7) is 1.75. The monoisotopic (exact) mass is 351 g/mol. The molecule has 0 saturated carbocycles. The molecule has 2 heterocycles. The Balaban J connectivity index is 2.01. The van der Waals surface area contributed by atoms with E-state index >= 15 is 0 Å². The molecule has 2 aromatic heterocycles. The van der Waals surface area contributed by atoms with Crippen LogP contribution >= 0.6 is 22.9 Å². The zero-order chi connectivity index (χ0) is 16.7. The van der Waals surface area contributed by atoms with E-state index in [1.807, 2.05) is 0 Å². The molecule has 0 aliphatic carbocycles. The van der Waals surface area contributed by atoms with Gasteiger partial charge >= 0.3 is 0 Å². The highest BCUT2D eigenvalue weighted by molar-refractivity contribution is 7.21. The van der Waals surface area contributed by atoms with Crippen molar-refractivity contribution in [1.29, 1.82) is 0 Å². The Bertz CT molecular complexity index is 996. The summed E-state index contributed by atoms with van der Waals surface area (Å²) in [5.74, 6) is -1.02. The van der Waals surface area contributed by atoms with Gasteiger partial charge in [-0.25, -0.2) is 4.39 Å². The van der Waals surface area contributed by atoms with Crippen LogP contribution < -0.4 is 16.6 Å². The van der Waals surface area contributed by atoms with Crippen molar-refractivity contribution in [3.05, 3.63) is 55.9 Å². The van der Waals surface area contributed by atoms with Gasteiger partial charge in [0, 0.05) is 17.1 Å². The Kier molecular flexibility index (Phi) is 3.83. The number of anilines is 2. The van der Waals surface area contributed by atoms with Gasteiger partial charge in [0.15, 0.2) is 0 Å². The van der Waals surface area contributed by atoms with Crippen LogP contribution in [0, 0.1) is 12.7 Å². The number of nitrogen functional groups attached to an aromatic ring is 1. The van der Waals surface area contributed by atoms with Crippen LogP contribution in [0.5, 0.6) is 0 Å². The fourth-order valence-electron chi connectivity index (χ4n) is 2.27. The average molecular weight is 352 g/mol. The van der Waals surface area contributed by atoms with E-state index in [1.54, 1.807) is 6.92 Å². The number of halogens is 2. The number of aromatic amines is 1. The van der Waals surface area contributed by atoms with Crippen LogP contribution in [0.15, 0.2) is 29.1 Å². The Morgan fingerprint density at radius 3 is 2.83 bits per heavy atom. The number of pyridine rings is 1. The maximum absolute atomic E-state index is 13.1. The first-order chi connectivity index (χ1) is 10.9. The quantitative estimate of drug-likeness (QED) is 0.660. The van der Waals surface area contributed by atoms with Crippen molar-refractivity contribution < 1.29 is 9.18 Å². The number of benzene rings is 1. The summed E-state index contributed by atoms with van der Waals surface area (Å²) in [5.41, 5.74) is 7.13. The van der Waals surface area contributed by atoms with E-state index in [9.17, 15) is 14.0 Å². The van der Waals surface area contributed by atoms with Gasteiger partial charge in [-0.3, -0.25) is 9.59 Å². The molecule has 118 valence electrons. The molecular weight excluding hydrogens is 341 g/mol. The van der Waals surface area contributed by atoms with Gasteiger partial charge in [0.1, 0.15) is 15.5 Å². The van der Waals surface area contributed by atoms with Gasteiger partial charge in [-0.2, -0.15) is 0 Å². The van der Waals surface area contributed by atoms with Crippen LogP contribution in [0.4, 0.5) is 15.8 Å². The topological polar surface area (TPSA) is 88.0 Å². The van der Waals surface area contributed by atoms with Crippen molar-refractivity contribution >= 4 is 50.4 Å². The number of thiophene rings is 1. The van der Waals surface area contributed by atoms with E-state index in [0.717, 1.165) is 17.4 Å². The molecule has 0 aliphatic rings. The van der Waals surface area contributed by atoms with Crippen molar-refractivity contribution in [2.75, 3.05) is 11.1 Å². The molecule has 0 spiro atoms. The molecule has 4 N–H and O–H groups in total. The molecule has 8 heteroatoms. The summed E-state index contributed by atoms with van der Waals surface area (Å²) in [5, 5.41) is 3.17. The SMILES string of the molecule is Cc1cc(=O)[nH]c2sc(C(=O)Nc3ccc(F)c(Cl)c3)c(N)c12. The summed E-state index contributed by atoms with van der Waals surface area (Å²) in [4.78, 5) is 27.4. The van der Waals surface area contributed by atoms with E-state index in [-0.39, 0.29) is 15.5 Å². The summed E-state index contributed by atoms with van der Waals surface area (Å²) in [6.07, 6.45) is 0. The predicted octanol–water partition coefficient (Wildman–Crippen LogP) is 3.53. The number of hydrogen-bond acceptors (Lipinski definition) is 4. The van der Waals surface area contributed by atoms with Gasteiger partial charge in [-0.15, -0.1) is 11.3 Å². The van der Waals surface area contributed by atoms with E-state index in [4.69, 9.17) is 17.3 Å². The molecule has 0 unspecified atom stereocenters. The number of carbonyl (C=O) groups excluding carboxylic acids is 1. The fraction of sp³-hybridized carbons (Fsp3) is 0.0667. The van der Waals surface area contributed by atoms with Gasteiger partial charge in [0.05, 0.1) is 10.7 Å². The first kappa shape index (κ1) is 15.5. The number of aryl methyl sites for hydroxylation is 1. The fourth-order valence-corrected chi connectivity index (χ4v) is 3.54. The smallest absolute Gasteiger partial charge is 0.267 e. The molecule has 0 aliphatic heterocycles. The number of carbonyl (C=O) groups is 1. The molecule has 0 atom stereocenters. The minimum Gasteiger partial charge on any atom is -0.397 e. The maximum Gasteiger partial charge on any atom is 0.267 e. The van der Waals surface area contributed by atoms with Crippen molar-refractivity contribution in [2.45, 2.75) is 6.92 Å². The largest absolute Gasteiger partial charge is 0.397 e. The first-order valence-electron chi connectivity index (χ1n) is 6.55. The standard InChI is InChI=1S/C15H11ClFN3O2S/c1-6-4-10(21)20-15-11(6)12(18)13(23-15)14(22)19-7-2-3-9(17)8(16)5-7/h2-5H,18H2,1H3,(H,19,22)(H,20,21). The normalized spacial score (nSPS) is 10.9. The molecule has 5 nitrogen and oxygen atoms in total. The third-order valence-electron chi connectivity index (χ3n) is 3.31. The molecule has 23 heavy (non-hydrogen) atoms. The second-order valence-electron chi connectivity index (χ2n) is 4.95. The third kappa shape index (κ3) is 2.80. The molecule has 0 radical (unpaired) electrons. The minimum atomic E-state index is -0.570. The molecule has 1 aromatic carbocycles. The number of rotatable bonds is 2. The lowest BCUT2D eigenvalue weighted by Crippen LogP contribution is -2.12. The molecule has 1 amide bonds. The van der Waals surface area contributed by atoms with Crippen LogP contribution in [0.2, 0.25) is 5.02 Å². The number of aromatic nitrogens is 1. The lowest BCUT2D eigenvalue weighted by atomic mass is 10.1. The highest BCUT2D eigenvalue weighted by atomic mass is 35.5. The first-order valence-corrected chi connectivity index (χ1v) is 7.74. The van der Waals surface area contributed by atoms with E-state index in [1.165, 1.54) is 18.2 Å². The Labute approximate surface area is 138 Å². The summed E-state index contributed by atoms with van der Waals surface area (Å²) < 4.78 is 13.1. The average Bonchev–Trinajstić information content (AvgIpc) is 2.80. The number of nitrogens with one attached hydrogen (secondary N) is 2. The van der Waals surface area contributed by atoms with Gasteiger partial charge < -0.3 is 16.0 Å².